The molecule has 1 N–H and O–H groups in total. The molecule has 0 bridgehead atoms. The van der Waals surface area contributed by atoms with Gasteiger partial charge in [0.15, 0.2) is 0 Å². The molecule has 35 heavy (non-hydrogen) atoms. The molecule has 0 aromatic heterocycles. The summed E-state index contributed by atoms with van der Waals surface area (Å²) in [7, 11) is 0. The van der Waals surface area contributed by atoms with Crippen LogP contribution in [0.5, 0.6) is 0 Å². The van der Waals surface area contributed by atoms with Gasteiger partial charge < -0.3 is 9.84 Å². The van der Waals surface area contributed by atoms with Gasteiger partial charge in [-0.1, -0.05) is 129 Å². The van der Waals surface area contributed by atoms with E-state index >= 15 is 0 Å². The van der Waals surface area contributed by atoms with Crippen LogP contribution in [0.2, 0.25) is 0 Å². The third-order valence-electron chi connectivity index (χ3n) is 6.79. The second-order valence-electron chi connectivity index (χ2n) is 10.3. The largest absolute Gasteiger partial charge is 0.481 e. The Bertz CT molecular complexity index is 500. The van der Waals surface area contributed by atoms with Crippen LogP contribution in [0.3, 0.4) is 0 Å². The first kappa shape index (κ1) is 33.7. The van der Waals surface area contributed by atoms with E-state index in [4.69, 9.17) is 4.74 Å². The summed E-state index contributed by atoms with van der Waals surface area (Å²) in [5, 5.41) is 9.30. The summed E-state index contributed by atoms with van der Waals surface area (Å²) in [6.07, 6.45) is 32.2. The minimum Gasteiger partial charge on any atom is -0.481 e. The molecule has 0 fully saturated rings. The average Bonchev–Trinajstić information content (AvgIpc) is 2.84. The fourth-order valence-electron chi connectivity index (χ4n) is 4.49. The fraction of sp³-hybridized carbons (Fsp3) is 0.871. The van der Waals surface area contributed by atoms with Gasteiger partial charge in [0.25, 0.3) is 0 Å². The first-order valence-corrected chi connectivity index (χ1v) is 15.1. The SMILES string of the molecule is CCCCCCCCCCCCCCCCC/C=C/CCCCCC(CC(=O)OCCC)C(=O)O. The first-order chi connectivity index (χ1) is 17.1. The maximum absolute atomic E-state index is 11.6. The van der Waals surface area contributed by atoms with Crippen molar-refractivity contribution in [3.8, 4) is 0 Å². The highest BCUT2D eigenvalue weighted by Crippen LogP contribution is 2.17. The van der Waals surface area contributed by atoms with Gasteiger partial charge in [-0.3, -0.25) is 9.59 Å². The summed E-state index contributed by atoms with van der Waals surface area (Å²) < 4.78 is 5.01. The van der Waals surface area contributed by atoms with Crippen LogP contribution >= 0.6 is 0 Å². The average molecular weight is 495 g/mol. The summed E-state index contributed by atoms with van der Waals surface area (Å²) in [6, 6.07) is 0. The predicted octanol–water partition coefficient (Wildman–Crippen LogP) is 9.80. The number of carboxylic acid groups (broad SMARTS) is 1. The fourth-order valence-corrected chi connectivity index (χ4v) is 4.49. The van der Waals surface area contributed by atoms with Crippen molar-refractivity contribution in [2.24, 2.45) is 5.92 Å². The van der Waals surface area contributed by atoms with Crippen LogP contribution in [0.15, 0.2) is 12.2 Å². The zero-order chi connectivity index (χ0) is 25.8. The molecule has 1 atom stereocenters. The third-order valence-corrected chi connectivity index (χ3v) is 6.79. The summed E-state index contributed by atoms with van der Waals surface area (Å²) in [5.74, 6) is -1.89. The number of ether oxygens (including phenoxy) is 1. The van der Waals surface area contributed by atoms with Gasteiger partial charge in [-0.25, -0.2) is 0 Å². The lowest BCUT2D eigenvalue weighted by Crippen LogP contribution is -2.19. The minimum atomic E-state index is -0.887. The lowest BCUT2D eigenvalue weighted by molar-refractivity contribution is -0.151. The van der Waals surface area contributed by atoms with Crippen molar-refractivity contribution < 1.29 is 19.4 Å². The number of hydrogen-bond acceptors (Lipinski definition) is 3. The topological polar surface area (TPSA) is 63.6 Å². The van der Waals surface area contributed by atoms with Crippen LogP contribution in [0.25, 0.3) is 0 Å². The van der Waals surface area contributed by atoms with Crippen molar-refractivity contribution in [3.63, 3.8) is 0 Å². The van der Waals surface area contributed by atoms with Crippen molar-refractivity contribution in [1.82, 2.24) is 0 Å². The smallest absolute Gasteiger partial charge is 0.307 e. The van der Waals surface area contributed by atoms with Crippen LogP contribution < -0.4 is 0 Å². The summed E-state index contributed by atoms with van der Waals surface area (Å²) in [4.78, 5) is 23.0. The zero-order valence-electron chi connectivity index (χ0n) is 23.4. The number of carbonyl (C=O) groups excluding carboxylic acids is 1. The Morgan fingerprint density at radius 3 is 1.49 bits per heavy atom. The summed E-state index contributed by atoms with van der Waals surface area (Å²) in [6.45, 7) is 4.58. The molecule has 0 aliphatic carbocycles. The zero-order valence-corrected chi connectivity index (χ0v) is 23.4. The third kappa shape index (κ3) is 25.6. The van der Waals surface area contributed by atoms with Crippen molar-refractivity contribution in [2.45, 2.75) is 162 Å². The van der Waals surface area contributed by atoms with E-state index in [1.165, 1.54) is 103 Å². The molecule has 0 spiro atoms. The molecule has 0 saturated carbocycles. The second-order valence-corrected chi connectivity index (χ2v) is 10.3. The quantitative estimate of drug-likeness (QED) is 0.0701. The van der Waals surface area contributed by atoms with E-state index in [1.807, 2.05) is 6.92 Å². The van der Waals surface area contributed by atoms with Gasteiger partial charge in [-0.05, 0) is 38.5 Å². The van der Waals surface area contributed by atoms with Gasteiger partial charge in [0.05, 0.1) is 18.9 Å². The van der Waals surface area contributed by atoms with E-state index in [-0.39, 0.29) is 12.4 Å². The number of allylic oxidation sites excluding steroid dienone is 2. The molecule has 0 aromatic carbocycles. The molecular weight excluding hydrogens is 436 g/mol. The lowest BCUT2D eigenvalue weighted by atomic mass is 9.97. The molecule has 206 valence electrons. The molecule has 0 rings (SSSR count). The van der Waals surface area contributed by atoms with Gasteiger partial charge in [-0.15, -0.1) is 0 Å². The minimum absolute atomic E-state index is 0.00547. The Labute approximate surface area is 217 Å². The maximum Gasteiger partial charge on any atom is 0.307 e. The van der Waals surface area contributed by atoms with Crippen LogP contribution in [-0.2, 0) is 14.3 Å². The number of carbonyl (C=O) groups is 2. The molecule has 0 aliphatic rings. The number of hydrogen-bond donors (Lipinski definition) is 1. The molecule has 0 amide bonds. The molecule has 0 radical (unpaired) electrons. The van der Waals surface area contributed by atoms with E-state index in [0.717, 1.165) is 32.1 Å². The highest BCUT2D eigenvalue weighted by molar-refractivity contribution is 5.78. The monoisotopic (exact) mass is 494 g/mol. The number of rotatable bonds is 27. The van der Waals surface area contributed by atoms with Gasteiger partial charge in [0.2, 0.25) is 0 Å². The molecule has 0 heterocycles. The van der Waals surface area contributed by atoms with Crippen molar-refractivity contribution >= 4 is 11.9 Å². The Balaban J connectivity index is 3.40. The van der Waals surface area contributed by atoms with Crippen molar-refractivity contribution in [2.75, 3.05) is 6.61 Å². The van der Waals surface area contributed by atoms with Crippen LogP contribution in [-0.4, -0.2) is 23.7 Å². The van der Waals surface area contributed by atoms with E-state index < -0.39 is 11.9 Å². The number of esters is 1. The van der Waals surface area contributed by atoms with Gasteiger partial charge in [0, 0.05) is 0 Å². The molecule has 0 saturated heterocycles. The predicted molar refractivity (Wildman–Crippen MR) is 149 cm³/mol. The van der Waals surface area contributed by atoms with Crippen molar-refractivity contribution in [1.29, 1.82) is 0 Å². The number of aliphatic carboxylic acids is 1. The van der Waals surface area contributed by atoms with Crippen LogP contribution in [0.4, 0.5) is 0 Å². The highest BCUT2D eigenvalue weighted by atomic mass is 16.5. The lowest BCUT2D eigenvalue weighted by Gasteiger charge is -2.11. The van der Waals surface area contributed by atoms with Gasteiger partial charge >= 0.3 is 11.9 Å². The van der Waals surface area contributed by atoms with E-state index in [0.29, 0.717) is 13.0 Å². The van der Waals surface area contributed by atoms with Gasteiger partial charge in [0.1, 0.15) is 0 Å². The molecule has 0 aliphatic heterocycles. The Kier molecular flexibility index (Phi) is 26.2. The van der Waals surface area contributed by atoms with Crippen LogP contribution in [0.1, 0.15) is 162 Å². The molecule has 4 heteroatoms. The molecular formula is C31H58O4. The van der Waals surface area contributed by atoms with Gasteiger partial charge in [-0.2, -0.15) is 0 Å². The number of unbranched alkanes of at least 4 members (excludes halogenated alkanes) is 18. The Morgan fingerprint density at radius 1 is 0.629 bits per heavy atom. The normalized spacial score (nSPS) is 12.3. The standard InChI is InChI=1S/C31H58O4/c1-3-5-6-7-8-9-10-11-12-13-14-15-16-17-18-19-20-21-22-23-24-25-26-29(31(33)34)28-30(32)35-27-4-2/h20-21,29H,3-19,22-28H2,1-2H3,(H,33,34)/b21-20+. The molecule has 0 aromatic rings. The highest BCUT2D eigenvalue weighted by Gasteiger charge is 2.21. The maximum atomic E-state index is 11.6. The van der Waals surface area contributed by atoms with E-state index in [1.54, 1.807) is 0 Å². The summed E-state index contributed by atoms with van der Waals surface area (Å²) >= 11 is 0. The molecule has 4 nitrogen and oxygen atoms in total. The second kappa shape index (κ2) is 27.3. The first-order valence-electron chi connectivity index (χ1n) is 15.1. The Hall–Kier alpha value is -1.32. The molecule has 1 unspecified atom stereocenters. The summed E-state index contributed by atoms with van der Waals surface area (Å²) in [5.41, 5.74) is 0. The Morgan fingerprint density at radius 2 is 1.06 bits per heavy atom. The van der Waals surface area contributed by atoms with E-state index in [9.17, 15) is 14.7 Å². The van der Waals surface area contributed by atoms with E-state index in [2.05, 4.69) is 19.1 Å². The number of carboxylic acids is 1. The van der Waals surface area contributed by atoms with Crippen LogP contribution in [0, 0.1) is 5.92 Å². The van der Waals surface area contributed by atoms with Crippen molar-refractivity contribution in [3.05, 3.63) is 12.2 Å².